The minimum absolute atomic E-state index is 0.0197. The third kappa shape index (κ3) is 9.24. The highest BCUT2D eigenvalue weighted by molar-refractivity contribution is 6.30. The Kier molecular flexibility index (Phi) is 9.55. The largest absolute Gasteiger partial charge is 0.273 e. The van der Waals surface area contributed by atoms with Crippen LogP contribution >= 0.6 is 11.6 Å². The summed E-state index contributed by atoms with van der Waals surface area (Å²) in [5.74, 6) is -0.0197. The predicted octanol–water partition coefficient (Wildman–Crippen LogP) is 4.93. The van der Waals surface area contributed by atoms with E-state index < -0.39 is 0 Å². The molecule has 21 heavy (non-hydrogen) atoms. The molecule has 0 aliphatic rings. The number of hydrogen-bond donors (Lipinski definition) is 1. The second kappa shape index (κ2) is 11.3. The molecule has 1 aromatic carbocycles. The fourth-order valence-corrected chi connectivity index (χ4v) is 2.15. The Hall–Kier alpha value is -1.35. The Labute approximate surface area is 132 Å². The number of hydrogen-bond acceptors (Lipinski definition) is 2. The monoisotopic (exact) mass is 308 g/mol. The summed E-state index contributed by atoms with van der Waals surface area (Å²) in [4.78, 5) is 11.6. The molecule has 1 rings (SSSR count). The van der Waals surface area contributed by atoms with Gasteiger partial charge in [-0.15, -0.1) is 0 Å². The van der Waals surface area contributed by atoms with Crippen molar-refractivity contribution in [2.45, 2.75) is 58.3 Å². The summed E-state index contributed by atoms with van der Waals surface area (Å²) in [6, 6.07) is 7.30. The van der Waals surface area contributed by atoms with Crippen LogP contribution in [0.4, 0.5) is 0 Å². The van der Waals surface area contributed by atoms with Gasteiger partial charge in [0.25, 0.3) is 0 Å². The minimum atomic E-state index is -0.0197. The average Bonchev–Trinajstić information content (AvgIpc) is 2.48. The number of amides is 1. The van der Waals surface area contributed by atoms with Crippen molar-refractivity contribution in [3.05, 3.63) is 34.9 Å². The molecule has 0 aliphatic carbocycles. The van der Waals surface area contributed by atoms with Gasteiger partial charge in [-0.25, -0.2) is 5.43 Å². The van der Waals surface area contributed by atoms with Crippen LogP contribution in [0, 0.1) is 0 Å². The fourth-order valence-electron chi connectivity index (χ4n) is 2.03. The molecule has 0 radical (unpaired) electrons. The lowest BCUT2D eigenvalue weighted by atomic mass is 10.1. The van der Waals surface area contributed by atoms with Crippen LogP contribution < -0.4 is 5.43 Å². The third-order valence-corrected chi connectivity index (χ3v) is 3.53. The molecule has 0 saturated carbocycles. The van der Waals surface area contributed by atoms with Crippen LogP contribution in [0.1, 0.15) is 63.9 Å². The molecule has 0 unspecified atom stereocenters. The number of halogens is 1. The zero-order chi connectivity index (χ0) is 15.3. The van der Waals surface area contributed by atoms with Crippen molar-refractivity contribution in [2.75, 3.05) is 0 Å². The molecule has 1 amide bonds. The number of carbonyl (C=O) groups is 1. The smallest absolute Gasteiger partial charge is 0.240 e. The Morgan fingerprint density at radius 2 is 1.71 bits per heavy atom. The second-order valence-electron chi connectivity index (χ2n) is 5.22. The zero-order valence-corrected chi connectivity index (χ0v) is 13.5. The van der Waals surface area contributed by atoms with Crippen molar-refractivity contribution >= 4 is 23.7 Å². The van der Waals surface area contributed by atoms with Crippen LogP contribution in [0.3, 0.4) is 0 Å². The maximum absolute atomic E-state index is 11.6. The number of benzene rings is 1. The van der Waals surface area contributed by atoms with Crippen molar-refractivity contribution < 1.29 is 4.79 Å². The van der Waals surface area contributed by atoms with Gasteiger partial charge in [0.2, 0.25) is 5.91 Å². The molecule has 4 heteroatoms. The normalized spacial score (nSPS) is 11.0. The summed E-state index contributed by atoms with van der Waals surface area (Å²) in [6.07, 6.45) is 10.6. The molecular weight excluding hydrogens is 284 g/mol. The summed E-state index contributed by atoms with van der Waals surface area (Å²) in [5, 5.41) is 4.63. The predicted molar refractivity (Wildman–Crippen MR) is 89.8 cm³/mol. The number of nitrogens with zero attached hydrogens (tertiary/aromatic N) is 1. The molecule has 0 heterocycles. The van der Waals surface area contributed by atoms with Crippen molar-refractivity contribution in [3.8, 4) is 0 Å². The van der Waals surface area contributed by atoms with E-state index in [9.17, 15) is 4.79 Å². The lowest BCUT2D eigenvalue weighted by molar-refractivity contribution is -0.121. The number of rotatable bonds is 10. The molecular formula is C17H25ClN2O. The van der Waals surface area contributed by atoms with Gasteiger partial charge >= 0.3 is 0 Å². The molecule has 0 bridgehead atoms. The highest BCUT2D eigenvalue weighted by atomic mass is 35.5. The molecule has 0 atom stereocenters. The SMILES string of the molecule is CCCCCCCCCC(=O)NN=Cc1ccc(Cl)cc1. The molecule has 116 valence electrons. The standard InChI is InChI=1S/C17H25ClN2O/c1-2-3-4-5-6-7-8-9-17(21)20-19-14-15-10-12-16(18)13-11-15/h10-14H,2-9H2,1H3,(H,20,21). The van der Waals surface area contributed by atoms with Gasteiger partial charge in [0, 0.05) is 11.4 Å². The first-order valence-electron chi connectivity index (χ1n) is 7.80. The van der Waals surface area contributed by atoms with Gasteiger partial charge in [-0.1, -0.05) is 69.2 Å². The summed E-state index contributed by atoms with van der Waals surface area (Å²) in [6.45, 7) is 2.22. The van der Waals surface area contributed by atoms with Crippen LogP contribution in [0.2, 0.25) is 5.02 Å². The zero-order valence-electron chi connectivity index (χ0n) is 12.8. The first-order chi connectivity index (χ1) is 10.2. The minimum Gasteiger partial charge on any atom is -0.273 e. The van der Waals surface area contributed by atoms with Crippen molar-refractivity contribution in [1.82, 2.24) is 5.43 Å². The third-order valence-electron chi connectivity index (χ3n) is 3.28. The van der Waals surface area contributed by atoms with Gasteiger partial charge in [0.1, 0.15) is 0 Å². The maximum atomic E-state index is 11.6. The molecule has 0 aromatic heterocycles. The van der Waals surface area contributed by atoms with Gasteiger partial charge in [0.05, 0.1) is 6.21 Å². The van der Waals surface area contributed by atoms with E-state index in [1.54, 1.807) is 18.3 Å². The van der Waals surface area contributed by atoms with E-state index in [-0.39, 0.29) is 5.91 Å². The molecule has 0 spiro atoms. The van der Waals surface area contributed by atoms with E-state index in [0.29, 0.717) is 11.4 Å². The Morgan fingerprint density at radius 3 is 2.38 bits per heavy atom. The maximum Gasteiger partial charge on any atom is 0.240 e. The van der Waals surface area contributed by atoms with E-state index in [4.69, 9.17) is 11.6 Å². The number of unbranched alkanes of at least 4 members (excludes halogenated alkanes) is 6. The van der Waals surface area contributed by atoms with Crippen LogP contribution in [-0.4, -0.2) is 12.1 Å². The van der Waals surface area contributed by atoms with Crippen LogP contribution in [0.15, 0.2) is 29.4 Å². The second-order valence-corrected chi connectivity index (χ2v) is 5.65. The highest BCUT2D eigenvalue weighted by Crippen LogP contribution is 2.09. The van der Waals surface area contributed by atoms with Crippen molar-refractivity contribution in [2.24, 2.45) is 5.10 Å². The van der Waals surface area contributed by atoms with Gasteiger partial charge in [-0.05, 0) is 24.1 Å². The van der Waals surface area contributed by atoms with E-state index in [0.717, 1.165) is 18.4 Å². The van der Waals surface area contributed by atoms with Gasteiger partial charge in [0.15, 0.2) is 0 Å². The van der Waals surface area contributed by atoms with Gasteiger partial charge in [-0.3, -0.25) is 4.79 Å². The quantitative estimate of drug-likeness (QED) is 0.371. The van der Waals surface area contributed by atoms with Gasteiger partial charge < -0.3 is 0 Å². The Bertz CT molecular complexity index is 429. The summed E-state index contributed by atoms with van der Waals surface area (Å²) in [7, 11) is 0. The van der Waals surface area contributed by atoms with E-state index in [2.05, 4.69) is 17.5 Å². The Morgan fingerprint density at radius 1 is 1.10 bits per heavy atom. The molecule has 0 fully saturated rings. The van der Waals surface area contributed by atoms with Gasteiger partial charge in [-0.2, -0.15) is 5.10 Å². The lowest BCUT2D eigenvalue weighted by Crippen LogP contribution is -2.16. The van der Waals surface area contributed by atoms with Crippen molar-refractivity contribution in [1.29, 1.82) is 0 Å². The van der Waals surface area contributed by atoms with E-state index >= 15 is 0 Å². The van der Waals surface area contributed by atoms with Crippen molar-refractivity contribution in [3.63, 3.8) is 0 Å². The van der Waals surface area contributed by atoms with E-state index in [1.807, 2.05) is 12.1 Å². The number of hydrazone groups is 1. The summed E-state index contributed by atoms with van der Waals surface area (Å²) in [5.41, 5.74) is 3.47. The molecule has 3 nitrogen and oxygen atoms in total. The topological polar surface area (TPSA) is 41.5 Å². The number of carbonyl (C=O) groups excluding carboxylic acids is 1. The van der Waals surface area contributed by atoms with Crippen LogP contribution in [-0.2, 0) is 4.79 Å². The lowest BCUT2D eigenvalue weighted by Gasteiger charge is -2.01. The number of nitrogens with one attached hydrogen (secondary N) is 1. The molecule has 0 aliphatic heterocycles. The van der Waals surface area contributed by atoms with E-state index in [1.165, 1.54) is 32.1 Å². The highest BCUT2D eigenvalue weighted by Gasteiger charge is 1.99. The van der Waals surface area contributed by atoms with Crippen LogP contribution in [0.25, 0.3) is 0 Å². The Balaban J connectivity index is 2.07. The molecule has 0 saturated heterocycles. The molecule has 1 N–H and O–H groups in total. The molecule has 1 aromatic rings. The summed E-state index contributed by atoms with van der Waals surface area (Å²) < 4.78 is 0. The van der Waals surface area contributed by atoms with Crippen LogP contribution in [0.5, 0.6) is 0 Å². The average molecular weight is 309 g/mol. The first kappa shape index (κ1) is 17.7. The fraction of sp³-hybridized carbons (Fsp3) is 0.529. The summed E-state index contributed by atoms with van der Waals surface area (Å²) >= 11 is 5.79. The first-order valence-corrected chi connectivity index (χ1v) is 8.17.